The third-order valence-corrected chi connectivity index (χ3v) is 5.41. The van der Waals surface area contributed by atoms with Gasteiger partial charge in [-0.15, -0.1) is 0 Å². The lowest BCUT2D eigenvalue weighted by Gasteiger charge is -2.10. The molecule has 31 heavy (non-hydrogen) atoms. The largest absolute Gasteiger partial charge is 0.366 e. The number of aryl methyl sites for hydroxylation is 2. The molecule has 0 saturated carbocycles. The molecule has 4 aromatic rings. The van der Waals surface area contributed by atoms with E-state index < -0.39 is 5.91 Å². The molecule has 1 N–H and O–H groups in total. The van der Waals surface area contributed by atoms with Gasteiger partial charge in [-0.3, -0.25) is 19.4 Å². The van der Waals surface area contributed by atoms with Gasteiger partial charge in [0.05, 0.1) is 17.4 Å². The molecule has 0 aliphatic carbocycles. The molecule has 1 amide bonds. The topological polar surface area (TPSA) is 101 Å². The molecule has 0 unspecified atom stereocenters. The second kappa shape index (κ2) is 7.82. The zero-order valence-electron chi connectivity index (χ0n) is 18.3. The van der Waals surface area contributed by atoms with E-state index in [4.69, 9.17) is 0 Å². The summed E-state index contributed by atoms with van der Waals surface area (Å²) in [6.45, 7) is 6.48. The molecule has 3 aromatic heterocycles. The number of amidine groups is 1. The van der Waals surface area contributed by atoms with Gasteiger partial charge >= 0.3 is 0 Å². The van der Waals surface area contributed by atoms with E-state index in [1.807, 2.05) is 50.8 Å². The minimum Gasteiger partial charge on any atom is -0.366 e. The average molecular weight is 419 g/mol. The van der Waals surface area contributed by atoms with Crippen LogP contribution in [-0.4, -0.2) is 55.1 Å². The van der Waals surface area contributed by atoms with Crippen molar-refractivity contribution in [3.05, 3.63) is 52.1 Å². The van der Waals surface area contributed by atoms with Crippen LogP contribution in [0.25, 0.3) is 27.8 Å². The number of benzene rings is 1. The maximum Gasteiger partial charge on any atom is 0.284 e. The lowest BCUT2D eigenvalue weighted by molar-refractivity contribution is 0.100. The van der Waals surface area contributed by atoms with Crippen molar-refractivity contribution >= 4 is 28.3 Å². The van der Waals surface area contributed by atoms with E-state index in [-0.39, 0.29) is 11.2 Å². The van der Waals surface area contributed by atoms with E-state index in [9.17, 15) is 9.59 Å². The summed E-state index contributed by atoms with van der Waals surface area (Å²) in [6.07, 6.45) is 2.34. The number of nitrogens with one attached hydrogen (secondary N) is 1. The Kier molecular flexibility index (Phi) is 5.18. The number of carbonyl (C=O) groups excluding carboxylic acids is 1. The summed E-state index contributed by atoms with van der Waals surface area (Å²) in [7, 11) is 3.64. The number of carbonyl (C=O) groups is 1. The van der Waals surface area contributed by atoms with Gasteiger partial charge in [0, 0.05) is 43.4 Å². The number of aromatic amines is 1. The molecule has 0 aliphatic heterocycles. The van der Waals surface area contributed by atoms with E-state index in [2.05, 4.69) is 20.2 Å². The molecule has 0 fully saturated rings. The quantitative estimate of drug-likeness (QED) is 0.405. The summed E-state index contributed by atoms with van der Waals surface area (Å²) >= 11 is 0. The Morgan fingerprint density at radius 1 is 1.23 bits per heavy atom. The van der Waals surface area contributed by atoms with E-state index in [1.54, 1.807) is 18.0 Å². The SMILES string of the molecule is CCc1[nH]n2c(=O)cc(-c3ccc4c(cnn4CC)c3)nc2c1C(=O)N=C(C)N(C)C. The van der Waals surface area contributed by atoms with Crippen molar-refractivity contribution in [1.82, 2.24) is 29.3 Å². The average Bonchev–Trinajstić information content (AvgIpc) is 3.34. The highest BCUT2D eigenvalue weighted by molar-refractivity contribution is 6.07. The fraction of sp³-hybridized carbons (Fsp3) is 0.318. The number of H-pyrrole nitrogens is 1. The molecular formula is C22H25N7O2. The molecule has 9 heteroatoms. The molecular weight excluding hydrogens is 394 g/mol. The van der Waals surface area contributed by atoms with Crippen LogP contribution < -0.4 is 5.56 Å². The highest BCUT2D eigenvalue weighted by Gasteiger charge is 2.21. The van der Waals surface area contributed by atoms with Crippen molar-refractivity contribution in [1.29, 1.82) is 0 Å². The maximum atomic E-state index is 13.0. The fourth-order valence-electron chi connectivity index (χ4n) is 3.51. The number of aromatic nitrogens is 5. The summed E-state index contributed by atoms with van der Waals surface area (Å²) < 4.78 is 3.22. The van der Waals surface area contributed by atoms with Gasteiger partial charge in [-0.25, -0.2) is 9.50 Å². The first-order chi connectivity index (χ1) is 14.8. The van der Waals surface area contributed by atoms with Gasteiger partial charge in [0.2, 0.25) is 0 Å². The molecule has 0 spiro atoms. The minimum atomic E-state index is -0.425. The van der Waals surface area contributed by atoms with Crippen molar-refractivity contribution in [2.75, 3.05) is 14.1 Å². The highest BCUT2D eigenvalue weighted by atomic mass is 16.1. The van der Waals surface area contributed by atoms with Crippen LogP contribution in [0.1, 0.15) is 36.8 Å². The van der Waals surface area contributed by atoms with Gasteiger partial charge in [0.25, 0.3) is 11.5 Å². The number of hydrogen-bond donors (Lipinski definition) is 1. The van der Waals surface area contributed by atoms with Crippen molar-refractivity contribution in [2.45, 2.75) is 33.7 Å². The molecule has 0 bridgehead atoms. The van der Waals surface area contributed by atoms with Gasteiger partial charge in [0.15, 0.2) is 5.65 Å². The summed E-state index contributed by atoms with van der Waals surface area (Å²) in [5.41, 5.74) is 3.25. The third-order valence-electron chi connectivity index (χ3n) is 5.41. The van der Waals surface area contributed by atoms with Crippen LogP contribution in [0.4, 0.5) is 0 Å². The molecule has 0 radical (unpaired) electrons. The van der Waals surface area contributed by atoms with Gasteiger partial charge in [-0.1, -0.05) is 13.0 Å². The normalized spacial score (nSPS) is 12.1. The van der Waals surface area contributed by atoms with Gasteiger partial charge in [-0.05, 0) is 32.4 Å². The molecule has 0 saturated heterocycles. The van der Waals surface area contributed by atoms with Gasteiger partial charge < -0.3 is 4.90 Å². The summed E-state index contributed by atoms with van der Waals surface area (Å²) in [6, 6.07) is 7.31. The van der Waals surface area contributed by atoms with Crippen LogP contribution in [0.15, 0.2) is 40.2 Å². The number of aliphatic imine (C=N–C) groups is 1. The Bertz CT molecular complexity index is 1390. The van der Waals surface area contributed by atoms with Gasteiger partial charge in [0.1, 0.15) is 11.4 Å². The zero-order valence-corrected chi connectivity index (χ0v) is 18.3. The number of fused-ring (bicyclic) bond motifs is 2. The molecule has 0 atom stereocenters. The Hall–Kier alpha value is -3.75. The van der Waals surface area contributed by atoms with Crippen LogP contribution in [0, 0.1) is 0 Å². The lowest BCUT2D eigenvalue weighted by atomic mass is 10.1. The second-order valence-electron chi connectivity index (χ2n) is 7.55. The van der Waals surface area contributed by atoms with E-state index in [0.717, 1.165) is 23.0 Å². The van der Waals surface area contributed by atoms with E-state index in [1.165, 1.54) is 10.6 Å². The highest BCUT2D eigenvalue weighted by Crippen LogP contribution is 2.24. The smallest absolute Gasteiger partial charge is 0.284 e. The van der Waals surface area contributed by atoms with Crippen LogP contribution >= 0.6 is 0 Å². The molecule has 3 heterocycles. The zero-order chi connectivity index (χ0) is 22.3. The molecule has 9 nitrogen and oxygen atoms in total. The summed E-state index contributed by atoms with van der Waals surface area (Å²) in [5, 5.41) is 8.35. The Balaban J connectivity index is 1.90. The van der Waals surface area contributed by atoms with Crippen LogP contribution in [-0.2, 0) is 13.0 Å². The molecule has 0 aliphatic rings. The molecule has 160 valence electrons. The molecule has 1 aromatic carbocycles. The lowest BCUT2D eigenvalue weighted by Crippen LogP contribution is -2.20. The first-order valence-corrected chi connectivity index (χ1v) is 10.2. The number of nitrogens with zero attached hydrogens (tertiary/aromatic N) is 6. The fourth-order valence-corrected chi connectivity index (χ4v) is 3.51. The number of rotatable bonds is 4. The van der Waals surface area contributed by atoms with E-state index in [0.29, 0.717) is 29.2 Å². The van der Waals surface area contributed by atoms with Crippen LogP contribution in [0.5, 0.6) is 0 Å². The molecule has 4 rings (SSSR count). The van der Waals surface area contributed by atoms with E-state index >= 15 is 0 Å². The predicted molar refractivity (Wildman–Crippen MR) is 121 cm³/mol. The Morgan fingerprint density at radius 3 is 2.68 bits per heavy atom. The standard InChI is InChI=1S/C22H25N7O2/c1-6-16-20(22(31)24-13(3)27(4)5)21-25-17(11-19(30)29(21)26-16)14-8-9-18-15(10-14)12-23-28(18)7-2/h8-12,26H,6-7H2,1-5H3. The summed E-state index contributed by atoms with van der Waals surface area (Å²) in [5.74, 6) is 0.147. The Labute approximate surface area is 179 Å². The number of amides is 1. The van der Waals surface area contributed by atoms with Crippen molar-refractivity contribution in [2.24, 2.45) is 4.99 Å². The van der Waals surface area contributed by atoms with Crippen LogP contribution in [0.3, 0.4) is 0 Å². The monoisotopic (exact) mass is 419 g/mol. The second-order valence-corrected chi connectivity index (χ2v) is 7.55. The van der Waals surface area contributed by atoms with Crippen LogP contribution in [0.2, 0.25) is 0 Å². The Morgan fingerprint density at radius 2 is 2.00 bits per heavy atom. The van der Waals surface area contributed by atoms with Crippen molar-refractivity contribution in [3.8, 4) is 11.3 Å². The third kappa shape index (κ3) is 3.52. The first-order valence-electron chi connectivity index (χ1n) is 10.2. The van der Waals surface area contributed by atoms with Gasteiger partial charge in [-0.2, -0.15) is 10.1 Å². The first kappa shape index (κ1) is 20.5. The van der Waals surface area contributed by atoms with Crippen molar-refractivity contribution < 1.29 is 4.79 Å². The predicted octanol–water partition coefficient (Wildman–Crippen LogP) is 2.74. The number of hydrogen-bond acceptors (Lipinski definition) is 4. The summed E-state index contributed by atoms with van der Waals surface area (Å²) in [4.78, 5) is 36.4. The minimum absolute atomic E-state index is 0.281. The van der Waals surface area contributed by atoms with Crippen molar-refractivity contribution in [3.63, 3.8) is 0 Å². The maximum absolute atomic E-state index is 13.0.